The molecule has 0 saturated heterocycles. The Morgan fingerprint density at radius 2 is 2.05 bits per heavy atom. The fourth-order valence-corrected chi connectivity index (χ4v) is 4.03. The van der Waals surface area contributed by atoms with Gasteiger partial charge in [-0.2, -0.15) is 5.10 Å². The van der Waals surface area contributed by atoms with Crippen molar-refractivity contribution in [3.05, 3.63) is 15.9 Å². The standard InChI is InChI=1S/C15H26BrN3O/c1-4-11-14(16)12(19(5-2)18-11)10-13(17)15(20-3)8-6-7-9-15/h13H,4-10,17H2,1-3H3. The van der Waals surface area contributed by atoms with Gasteiger partial charge in [0.25, 0.3) is 0 Å². The molecule has 1 atom stereocenters. The van der Waals surface area contributed by atoms with Crippen molar-refractivity contribution >= 4 is 15.9 Å². The number of nitrogens with two attached hydrogens (primary N) is 1. The van der Waals surface area contributed by atoms with Crippen molar-refractivity contribution in [3.8, 4) is 0 Å². The maximum absolute atomic E-state index is 6.51. The Balaban J connectivity index is 2.22. The Hall–Kier alpha value is -0.390. The third-order valence-corrected chi connectivity index (χ3v) is 5.55. The van der Waals surface area contributed by atoms with Crippen LogP contribution >= 0.6 is 15.9 Å². The highest BCUT2D eigenvalue weighted by atomic mass is 79.9. The number of nitrogens with zero attached hydrogens (tertiary/aromatic N) is 2. The first-order valence-electron chi connectivity index (χ1n) is 7.62. The fraction of sp³-hybridized carbons (Fsp3) is 0.800. The van der Waals surface area contributed by atoms with E-state index in [4.69, 9.17) is 10.5 Å². The predicted molar refractivity (Wildman–Crippen MR) is 84.9 cm³/mol. The van der Waals surface area contributed by atoms with Crippen molar-refractivity contribution in [2.24, 2.45) is 5.73 Å². The number of halogens is 1. The molecule has 20 heavy (non-hydrogen) atoms. The molecule has 1 aromatic rings. The summed E-state index contributed by atoms with van der Waals surface area (Å²) in [4.78, 5) is 0. The topological polar surface area (TPSA) is 53.1 Å². The molecule has 0 bridgehead atoms. The molecule has 1 aromatic heterocycles. The molecule has 1 aliphatic rings. The van der Waals surface area contributed by atoms with Crippen LogP contribution in [0.3, 0.4) is 0 Å². The molecule has 0 amide bonds. The van der Waals surface area contributed by atoms with Crippen LogP contribution in [0.5, 0.6) is 0 Å². The van der Waals surface area contributed by atoms with E-state index < -0.39 is 0 Å². The highest BCUT2D eigenvalue weighted by Crippen LogP contribution is 2.37. The summed E-state index contributed by atoms with van der Waals surface area (Å²) >= 11 is 3.70. The number of hydrogen-bond donors (Lipinski definition) is 1. The van der Waals surface area contributed by atoms with Crippen LogP contribution in [-0.2, 0) is 24.1 Å². The molecule has 114 valence electrons. The van der Waals surface area contributed by atoms with Gasteiger partial charge in [0.05, 0.1) is 21.5 Å². The lowest BCUT2D eigenvalue weighted by Crippen LogP contribution is -2.49. The van der Waals surface area contributed by atoms with Crippen molar-refractivity contribution in [2.45, 2.75) is 70.6 Å². The molecular formula is C15H26BrN3O. The number of hydrogen-bond acceptors (Lipinski definition) is 3. The van der Waals surface area contributed by atoms with Gasteiger partial charge in [-0.1, -0.05) is 19.8 Å². The minimum atomic E-state index is -0.144. The quantitative estimate of drug-likeness (QED) is 0.863. The normalized spacial score (nSPS) is 19.4. The van der Waals surface area contributed by atoms with Crippen LogP contribution in [0.25, 0.3) is 0 Å². The summed E-state index contributed by atoms with van der Waals surface area (Å²) in [6.07, 6.45) is 6.33. The van der Waals surface area contributed by atoms with Crippen LogP contribution in [0.2, 0.25) is 0 Å². The molecule has 1 unspecified atom stereocenters. The summed E-state index contributed by atoms with van der Waals surface area (Å²) in [6, 6.07) is 0.0259. The van der Waals surface area contributed by atoms with E-state index in [1.807, 2.05) is 0 Å². The van der Waals surface area contributed by atoms with Crippen LogP contribution in [0.15, 0.2) is 4.47 Å². The monoisotopic (exact) mass is 343 g/mol. The van der Waals surface area contributed by atoms with E-state index in [0.717, 1.165) is 42.4 Å². The second-order valence-electron chi connectivity index (χ2n) is 5.66. The molecule has 1 aliphatic carbocycles. The van der Waals surface area contributed by atoms with Gasteiger partial charge >= 0.3 is 0 Å². The van der Waals surface area contributed by atoms with Crippen LogP contribution < -0.4 is 5.73 Å². The molecule has 1 saturated carbocycles. The van der Waals surface area contributed by atoms with Crippen LogP contribution in [0.1, 0.15) is 50.9 Å². The van der Waals surface area contributed by atoms with E-state index in [9.17, 15) is 0 Å². The number of aryl methyl sites for hydroxylation is 2. The molecule has 0 aromatic carbocycles. The lowest BCUT2D eigenvalue weighted by Gasteiger charge is -2.34. The minimum absolute atomic E-state index is 0.0259. The molecule has 4 nitrogen and oxygen atoms in total. The highest BCUT2D eigenvalue weighted by molar-refractivity contribution is 9.10. The molecule has 0 radical (unpaired) electrons. The molecule has 1 fully saturated rings. The first-order valence-corrected chi connectivity index (χ1v) is 8.42. The van der Waals surface area contributed by atoms with E-state index in [2.05, 4.69) is 39.6 Å². The lowest BCUT2D eigenvalue weighted by atomic mass is 9.89. The highest BCUT2D eigenvalue weighted by Gasteiger charge is 2.40. The van der Waals surface area contributed by atoms with Crippen molar-refractivity contribution in [1.82, 2.24) is 9.78 Å². The van der Waals surface area contributed by atoms with Crippen LogP contribution in [-0.4, -0.2) is 28.5 Å². The second-order valence-corrected chi connectivity index (χ2v) is 6.46. The van der Waals surface area contributed by atoms with E-state index in [1.54, 1.807) is 7.11 Å². The van der Waals surface area contributed by atoms with Gasteiger partial charge in [-0.15, -0.1) is 0 Å². The van der Waals surface area contributed by atoms with Gasteiger partial charge in [-0.3, -0.25) is 4.68 Å². The van der Waals surface area contributed by atoms with Crippen molar-refractivity contribution in [3.63, 3.8) is 0 Å². The fourth-order valence-electron chi connectivity index (χ4n) is 3.31. The molecule has 1 heterocycles. The Morgan fingerprint density at radius 1 is 1.40 bits per heavy atom. The van der Waals surface area contributed by atoms with Gasteiger partial charge in [0.1, 0.15) is 0 Å². The van der Waals surface area contributed by atoms with Crippen molar-refractivity contribution in [2.75, 3.05) is 7.11 Å². The average molecular weight is 344 g/mol. The first-order chi connectivity index (χ1) is 9.57. The number of aromatic nitrogens is 2. The van der Waals surface area contributed by atoms with Crippen LogP contribution in [0, 0.1) is 0 Å². The Bertz CT molecular complexity index is 452. The van der Waals surface area contributed by atoms with Gasteiger partial charge in [0, 0.05) is 26.1 Å². The summed E-state index contributed by atoms with van der Waals surface area (Å²) in [6.45, 7) is 5.13. The van der Waals surface area contributed by atoms with E-state index in [1.165, 1.54) is 18.5 Å². The molecule has 0 aliphatic heterocycles. The van der Waals surface area contributed by atoms with E-state index in [0.29, 0.717) is 0 Å². The van der Waals surface area contributed by atoms with Gasteiger partial charge in [-0.25, -0.2) is 0 Å². The van der Waals surface area contributed by atoms with E-state index in [-0.39, 0.29) is 11.6 Å². The van der Waals surface area contributed by atoms with E-state index >= 15 is 0 Å². The van der Waals surface area contributed by atoms with Gasteiger partial charge in [-0.05, 0) is 42.1 Å². The average Bonchev–Trinajstić information content (AvgIpc) is 3.06. The SMILES string of the molecule is CCc1nn(CC)c(CC(N)C2(OC)CCCC2)c1Br. The van der Waals surface area contributed by atoms with Gasteiger partial charge in [0.2, 0.25) is 0 Å². The number of rotatable bonds is 6. The zero-order chi connectivity index (χ0) is 14.8. The van der Waals surface area contributed by atoms with Gasteiger partial charge < -0.3 is 10.5 Å². The Kier molecular flexibility index (Phi) is 5.26. The Morgan fingerprint density at radius 3 is 2.55 bits per heavy atom. The maximum atomic E-state index is 6.51. The van der Waals surface area contributed by atoms with Crippen molar-refractivity contribution < 1.29 is 4.74 Å². The summed E-state index contributed by atoms with van der Waals surface area (Å²) < 4.78 is 9.01. The summed E-state index contributed by atoms with van der Waals surface area (Å²) in [5.74, 6) is 0. The third kappa shape index (κ3) is 2.81. The molecule has 0 spiro atoms. The molecular weight excluding hydrogens is 318 g/mol. The van der Waals surface area contributed by atoms with Crippen LogP contribution in [0.4, 0.5) is 0 Å². The Labute approximate surface area is 130 Å². The smallest absolute Gasteiger partial charge is 0.0832 e. The lowest BCUT2D eigenvalue weighted by molar-refractivity contribution is -0.0258. The zero-order valence-electron chi connectivity index (χ0n) is 12.8. The zero-order valence-corrected chi connectivity index (χ0v) is 14.4. The second kappa shape index (κ2) is 6.58. The first kappa shape index (κ1) is 16.0. The van der Waals surface area contributed by atoms with Gasteiger partial charge in [0.15, 0.2) is 0 Å². The maximum Gasteiger partial charge on any atom is 0.0832 e. The summed E-state index contributed by atoms with van der Waals surface area (Å²) in [5, 5.41) is 4.65. The van der Waals surface area contributed by atoms with Crippen molar-refractivity contribution in [1.29, 1.82) is 0 Å². The summed E-state index contributed by atoms with van der Waals surface area (Å²) in [7, 11) is 1.80. The largest absolute Gasteiger partial charge is 0.377 e. The molecule has 2 N–H and O–H groups in total. The number of ether oxygens (including phenoxy) is 1. The molecule has 5 heteroatoms. The summed E-state index contributed by atoms with van der Waals surface area (Å²) in [5.41, 5.74) is 8.69. The molecule has 2 rings (SSSR count). The number of methoxy groups -OCH3 is 1. The third-order valence-electron chi connectivity index (χ3n) is 4.64. The predicted octanol–water partition coefficient (Wildman–Crippen LogP) is 3.06. The minimum Gasteiger partial charge on any atom is -0.377 e.